The van der Waals surface area contributed by atoms with Gasteiger partial charge in [0.1, 0.15) is 18.1 Å². The Bertz CT molecular complexity index is 1830. The van der Waals surface area contributed by atoms with Crippen LogP contribution in [0.4, 0.5) is 8.78 Å². The highest BCUT2D eigenvalue weighted by Gasteiger charge is 2.32. The predicted molar refractivity (Wildman–Crippen MR) is 185 cm³/mol. The first kappa shape index (κ1) is 36.4. The molecule has 260 valence electrons. The fraction of sp³-hybridized carbons (Fsp3) is 0.303. The number of nitrogens with zero attached hydrogens (tertiary/aromatic N) is 2. The van der Waals surface area contributed by atoms with Crippen LogP contribution < -0.4 is 14.3 Å². The fourth-order valence-corrected chi connectivity index (χ4v) is 7.19. The van der Waals surface area contributed by atoms with Crippen LogP contribution in [-0.2, 0) is 19.6 Å². The van der Waals surface area contributed by atoms with E-state index in [0.29, 0.717) is 60.1 Å². The lowest BCUT2D eigenvalue weighted by Gasteiger charge is -2.26. The van der Waals surface area contributed by atoms with Gasteiger partial charge in [-0.05, 0) is 78.6 Å². The standard InChI is InChI=1S/C33H33F2N3O8S3/c34-27-9-5-24(20-28(27)35)23-6-10-29(45-17-14-37-12-15-44-16-13-37)25(19-23)21-30-31(39)38(33(47)48-30)36-11-1-2-18-49(42,43)46-26-7-3-22(4-8-26)32(40)41/h3-10,19-21,36H,1-2,11-18H2,(H,40,41)/b30-21-. The topological polar surface area (TPSA) is 135 Å². The number of rotatable bonds is 15. The summed E-state index contributed by atoms with van der Waals surface area (Å²) >= 11 is 6.51. The van der Waals surface area contributed by atoms with Crippen LogP contribution in [0.15, 0.2) is 65.6 Å². The molecule has 0 spiro atoms. The Kier molecular flexibility index (Phi) is 12.4. The average molecular weight is 734 g/mol. The molecule has 2 N–H and O–H groups in total. The summed E-state index contributed by atoms with van der Waals surface area (Å²) in [4.78, 5) is 26.9. The SMILES string of the molecule is O=C(O)c1ccc(OS(=O)(=O)CCCCNN2C(=O)/C(=C/c3cc(-c4ccc(F)c(F)c4)ccc3OCCN3CCOCC3)SC2=S)cc1. The third-order valence-corrected chi connectivity index (χ3v) is 10.1. The average Bonchev–Trinajstić information content (AvgIpc) is 3.34. The molecule has 11 nitrogen and oxygen atoms in total. The molecule has 5 rings (SSSR count). The summed E-state index contributed by atoms with van der Waals surface area (Å²) in [5.74, 6) is -3.27. The molecule has 0 saturated carbocycles. The fourth-order valence-electron chi connectivity index (χ4n) is 4.94. The van der Waals surface area contributed by atoms with E-state index in [2.05, 4.69) is 10.3 Å². The van der Waals surface area contributed by atoms with Crippen LogP contribution in [0, 0.1) is 11.6 Å². The molecule has 2 saturated heterocycles. The van der Waals surface area contributed by atoms with E-state index in [4.69, 9.17) is 31.0 Å². The number of hydrogen-bond acceptors (Lipinski definition) is 11. The number of carbonyl (C=O) groups is 2. The van der Waals surface area contributed by atoms with Crippen LogP contribution in [-0.4, -0.2) is 91.4 Å². The number of benzene rings is 3. The van der Waals surface area contributed by atoms with E-state index in [1.807, 2.05) is 0 Å². The molecule has 49 heavy (non-hydrogen) atoms. The number of carbonyl (C=O) groups excluding carboxylic acids is 1. The minimum absolute atomic E-state index is 0.00446. The van der Waals surface area contributed by atoms with E-state index >= 15 is 0 Å². The molecule has 3 aromatic rings. The number of thioether (sulfide) groups is 1. The lowest BCUT2D eigenvalue weighted by molar-refractivity contribution is -0.124. The zero-order valence-corrected chi connectivity index (χ0v) is 28.6. The molecule has 2 aliphatic heterocycles. The maximum absolute atomic E-state index is 14.0. The number of amides is 1. The van der Waals surface area contributed by atoms with Gasteiger partial charge in [0.05, 0.1) is 29.4 Å². The normalized spacial score (nSPS) is 16.4. The van der Waals surface area contributed by atoms with Crippen molar-refractivity contribution in [3.8, 4) is 22.6 Å². The number of nitrogens with one attached hydrogen (secondary N) is 1. The minimum atomic E-state index is -3.93. The van der Waals surface area contributed by atoms with E-state index in [1.54, 1.807) is 24.3 Å². The summed E-state index contributed by atoms with van der Waals surface area (Å²) in [5.41, 5.74) is 4.55. The van der Waals surface area contributed by atoms with Crippen LogP contribution in [0.25, 0.3) is 17.2 Å². The number of halogens is 2. The second kappa shape index (κ2) is 16.7. The van der Waals surface area contributed by atoms with E-state index in [0.717, 1.165) is 37.0 Å². The molecule has 0 unspecified atom stereocenters. The van der Waals surface area contributed by atoms with Gasteiger partial charge >= 0.3 is 16.1 Å². The largest absolute Gasteiger partial charge is 0.492 e. The Balaban J connectivity index is 1.20. The second-order valence-electron chi connectivity index (χ2n) is 11.0. The Morgan fingerprint density at radius 2 is 1.73 bits per heavy atom. The molecule has 2 fully saturated rings. The van der Waals surface area contributed by atoms with Crippen molar-refractivity contribution in [2.24, 2.45) is 0 Å². The number of thiocarbonyl (C=S) groups is 1. The summed E-state index contributed by atoms with van der Waals surface area (Å²) in [6.07, 6.45) is 2.23. The zero-order chi connectivity index (χ0) is 35.0. The molecule has 0 bridgehead atoms. The van der Waals surface area contributed by atoms with E-state index in [9.17, 15) is 26.8 Å². The van der Waals surface area contributed by atoms with Crippen LogP contribution in [0.2, 0.25) is 0 Å². The number of morpholine rings is 1. The van der Waals surface area contributed by atoms with E-state index in [-0.39, 0.29) is 34.4 Å². The lowest BCUT2D eigenvalue weighted by atomic mass is 10.0. The maximum atomic E-state index is 14.0. The number of hydrogen-bond donors (Lipinski definition) is 2. The highest BCUT2D eigenvalue weighted by molar-refractivity contribution is 8.26. The number of unbranched alkanes of at least 4 members (excludes halogenated alkanes) is 1. The molecule has 0 atom stereocenters. The van der Waals surface area contributed by atoms with Gasteiger partial charge in [-0.15, -0.1) is 0 Å². The molecule has 0 aliphatic carbocycles. The number of carboxylic acids is 1. The van der Waals surface area contributed by atoms with Gasteiger partial charge in [-0.25, -0.2) is 24.0 Å². The van der Waals surface area contributed by atoms with Gasteiger partial charge in [0.15, 0.2) is 16.0 Å². The molecular weight excluding hydrogens is 701 g/mol. The Hall–Kier alpha value is -3.93. The summed E-state index contributed by atoms with van der Waals surface area (Å²) in [7, 11) is -3.93. The van der Waals surface area contributed by atoms with Crippen LogP contribution in [0.1, 0.15) is 28.8 Å². The van der Waals surface area contributed by atoms with E-state index in [1.165, 1.54) is 35.3 Å². The molecule has 3 aromatic carbocycles. The molecular formula is C33H33F2N3O8S3. The lowest BCUT2D eigenvalue weighted by Crippen LogP contribution is -2.41. The Labute approximate surface area is 291 Å². The second-order valence-corrected chi connectivity index (χ2v) is 14.4. The van der Waals surface area contributed by atoms with Crippen LogP contribution >= 0.6 is 24.0 Å². The van der Waals surface area contributed by atoms with Crippen LogP contribution in [0.3, 0.4) is 0 Å². The summed E-state index contributed by atoms with van der Waals surface area (Å²) in [5, 5.41) is 10.2. The first-order valence-corrected chi connectivity index (χ1v) is 18.1. The van der Waals surface area contributed by atoms with Gasteiger partial charge in [-0.2, -0.15) is 8.42 Å². The third kappa shape index (κ3) is 10.1. The zero-order valence-electron chi connectivity index (χ0n) is 26.1. The number of ether oxygens (including phenoxy) is 2. The monoisotopic (exact) mass is 733 g/mol. The summed E-state index contributed by atoms with van der Waals surface area (Å²) in [6, 6.07) is 13.9. The van der Waals surface area contributed by atoms with Crippen molar-refractivity contribution in [2.75, 3.05) is 51.8 Å². The summed E-state index contributed by atoms with van der Waals surface area (Å²) < 4.78 is 69.2. The van der Waals surface area contributed by atoms with Crippen molar-refractivity contribution < 1.29 is 45.6 Å². The third-order valence-electron chi connectivity index (χ3n) is 7.53. The highest BCUT2D eigenvalue weighted by Crippen LogP contribution is 2.35. The molecule has 0 radical (unpaired) electrons. The maximum Gasteiger partial charge on any atom is 0.335 e. The molecule has 1 amide bonds. The Morgan fingerprint density at radius 3 is 2.45 bits per heavy atom. The highest BCUT2D eigenvalue weighted by atomic mass is 32.2. The Morgan fingerprint density at radius 1 is 1.02 bits per heavy atom. The number of aromatic carboxylic acids is 1. The van der Waals surface area contributed by atoms with Gasteiger partial charge in [0.25, 0.3) is 5.91 Å². The van der Waals surface area contributed by atoms with Crippen LogP contribution in [0.5, 0.6) is 11.5 Å². The van der Waals surface area contributed by atoms with Gasteiger partial charge in [-0.1, -0.05) is 36.1 Å². The summed E-state index contributed by atoms with van der Waals surface area (Å²) in [6.45, 7) is 4.21. The van der Waals surface area contributed by atoms with Gasteiger partial charge in [0.2, 0.25) is 0 Å². The van der Waals surface area contributed by atoms with E-state index < -0.39 is 33.6 Å². The van der Waals surface area contributed by atoms with Crippen molar-refractivity contribution >= 4 is 56.4 Å². The smallest absolute Gasteiger partial charge is 0.335 e. The number of hydrazine groups is 1. The van der Waals surface area contributed by atoms with Crippen molar-refractivity contribution in [1.82, 2.24) is 15.3 Å². The first-order chi connectivity index (χ1) is 23.5. The quantitative estimate of drug-likeness (QED) is 0.0949. The number of carboxylic acid groups (broad SMARTS) is 1. The molecule has 16 heteroatoms. The van der Waals surface area contributed by atoms with Crippen molar-refractivity contribution in [1.29, 1.82) is 0 Å². The predicted octanol–water partition coefficient (Wildman–Crippen LogP) is 4.94. The van der Waals surface area contributed by atoms with Crippen molar-refractivity contribution in [3.05, 3.63) is 88.3 Å². The first-order valence-electron chi connectivity index (χ1n) is 15.3. The molecule has 2 aliphatic rings. The molecule has 0 aromatic heterocycles. The molecule has 2 heterocycles. The minimum Gasteiger partial charge on any atom is -0.492 e. The van der Waals surface area contributed by atoms with Gasteiger partial charge in [0, 0.05) is 31.7 Å². The van der Waals surface area contributed by atoms with Gasteiger partial charge < -0.3 is 18.8 Å². The van der Waals surface area contributed by atoms with Crippen molar-refractivity contribution in [2.45, 2.75) is 12.8 Å². The van der Waals surface area contributed by atoms with Gasteiger partial charge in [-0.3, -0.25) is 9.69 Å². The van der Waals surface area contributed by atoms with Crippen molar-refractivity contribution in [3.63, 3.8) is 0 Å².